The summed E-state index contributed by atoms with van der Waals surface area (Å²) >= 11 is 0. The Morgan fingerprint density at radius 2 is 1.88 bits per heavy atom. The lowest BCUT2D eigenvalue weighted by Gasteiger charge is -2.35. The van der Waals surface area contributed by atoms with Gasteiger partial charge in [0.05, 0.1) is 0 Å². The Morgan fingerprint density at radius 1 is 1.19 bits per heavy atom. The molecule has 0 amide bonds. The van der Waals surface area contributed by atoms with Gasteiger partial charge in [-0.1, -0.05) is 12.8 Å². The Morgan fingerprint density at radius 3 is 2.50 bits per heavy atom. The second-order valence-electron chi connectivity index (χ2n) is 5.67. The molecule has 3 heteroatoms. The van der Waals surface area contributed by atoms with E-state index in [2.05, 4.69) is 11.8 Å². The van der Waals surface area contributed by atoms with E-state index in [0.29, 0.717) is 6.04 Å². The Bertz CT molecular complexity index is 188. The summed E-state index contributed by atoms with van der Waals surface area (Å²) in [4.78, 5) is 2.67. The Balaban J connectivity index is 0.00000128. The summed E-state index contributed by atoms with van der Waals surface area (Å²) in [6.45, 7) is 6.10. The van der Waals surface area contributed by atoms with Crippen molar-refractivity contribution in [3.63, 3.8) is 0 Å². The van der Waals surface area contributed by atoms with Gasteiger partial charge in [0.15, 0.2) is 0 Å². The Kier molecular flexibility index (Phi) is 6.09. The molecule has 0 aromatic heterocycles. The lowest BCUT2D eigenvalue weighted by atomic mass is 9.91. The zero-order valence-electron chi connectivity index (χ0n) is 10.5. The van der Waals surface area contributed by atoms with Gasteiger partial charge in [-0.15, -0.1) is 12.4 Å². The molecule has 1 saturated heterocycles. The van der Waals surface area contributed by atoms with Crippen molar-refractivity contribution >= 4 is 12.4 Å². The highest BCUT2D eigenvalue weighted by Gasteiger charge is 2.25. The van der Waals surface area contributed by atoms with Crippen LogP contribution in [-0.4, -0.2) is 30.6 Å². The smallest absolute Gasteiger partial charge is 0.00509 e. The summed E-state index contributed by atoms with van der Waals surface area (Å²) in [6, 6.07) is 0.386. The highest BCUT2D eigenvalue weighted by atomic mass is 35.5. The molecule has 0 aromatic carbocycles. The van der Waals surface area contributed by atoms with Crippen molar-refractivity contribution in [1.29, 1.82) is 0 Å². The van der Waals surface area contributed by atoms with Gasteiger partial charge >= 0.3 is 0 Å². The van der Waals surface area contributed by atoms with Gasteiger partial charge in [-0.05, 0) is 51.0 Å². The van der Waals surface area contributed by atoms with Gasteiger partial charge in [0, 0.05) is 19.1 Å². The summed E-state index contributed by atoms with van der Waals surface area (Å²) in [7, 11) is 0. The van der Waals surface area contributed by atoms with E-state index in [1.54, 1.807) is 0 Å². The number of hydrogen-bond donors (Lipinski definition) is 1. The molecule has 1 aliphatic carbocycles. The van der Waals surface area contributed by atoms with Crippen LogP contribution in [0.25, 0.3) is 0 Å². The van der Waals surface area contributed by atoms with Crippen molar-refractivity contribution in [2.75, 3.05) is 19.6 Å². The van der Waals surface area contributed by atoms with E-state index >= 15 is 0 Å². The number of rotatable bonds is 3. The van der Waals surface area contributed by atoms with E-state index in [1.807, 2.05) is 0 Å². The van der Waals surface area contributed by atoms with Crippen LogP contribution in [0.2, 0.25) is 0 Å². The van der Waals surface area contributed by atoms with Gasteiger partial charge in [0.2, 0.25) is 0 Å². The van der Waals surface area contributed by atoms with E-state index in [4.69, 9.17) is 5.73 Å². The van der Waals surface area contributed by atoms with Crippen molar-refractivity contribution in [3.05, 3.63) is 0 Å². The molecule has 0 bridgehead atoms. The van der Waals surface area contributed by atoms with Gasteiger partial charge in [0.25, 0.3) is 0 Å². The SMILES string of the molecule is CC(N)C1CCCN(CC2CCCC2)C1.Cl. The summed E-state index contributed by atoms with van der Waals surface area (Å²) in [5.74, 6) is 1.75. The molecule has 0 aromatic rings. The number of nitrogens with zero attached hydrogens (tertiary/aromatic N) is 1. The van der Waals surface area contributed by atoms with Crippen LogP contribution < -0.4 is 5.73 Å². The van der Waals surface area contributed by atoms with Crippen LogP contribution >= 0.6 is 12.4 Å². The molecule has 2 N–H and O–H groups in total. The molecule has 1 heterocycles. The van der Waals surface area contributed by atoms with Crippen molar-refractivity contribution < 1.29 is 0 Å². The maximum Gasteiger partial charge on any atom is 0.00509 e. The molecular weight excluding hydrogens is 220 g/mol. The van der Waals surface area contributed by atoms with Crippen LogP contribution in [0.15, 0.2) is 0 Å². The second kappa shape index (κ2) is 6.83. The van der Waals surface area contributed by atoms with Crippen molar-refractivity contribution in [2.24, 2.45) is 17.6 Å². The Hall–Kier alpha value is 0.210. The molecule has 96 valence electrons. The van der Waals surface area contributed by atoms with Gasteiger partial charge in [0.1, 0.15) is 0 Å². The molecule has 0 radical (unpaired) electrons. The lowest BCUT2D eigenvalue weighted by molar-refractivity contribution is 0.141. The largest absolute Gasteiger partial charge is 0.328 e. The normalized spacial score (nSPS) is 30.0. The van der Waals surface area contributed by atoms with Crippen LogP contribution in [0.3, 0.4) is 0 Å². The first-order valence-electron chi connectivity index (χ1n) is 6.73. The van der Waals surface area contributed by atoms with Gasteiger partial charge in [-0.2, -0.15) is 0 Å². The monoisotopic (exact) mass is 246 g/mol. The van der Waals surface area contributed by atoms with Crippen molar-refractivity contribution in [1.82, 2.24) is 4.90 Å². The maximum atomic E-state index is 6.01. The fraction of sp³-hybridized carbons (Fsp3) is 1.00. The predicted octanol–water partition coefficient (Wildman–Crippen LogP) is 2.66. The molecule has 2 atom stereocenters. The maximum absolute atomic E-state index is 6.01. The number of halogens is 1. The average molecular weight is 247 g/mol. The molecular formula is C13H27ClN2. The molecule has 16 heavy (non-hydrogen) atoms. The first-order chi connectivity index (χ1) is 7.25. The Labute approximate surface area is 106 Å². The zero-order chi connectivity index (χ0) is 10.7. The third-order valence-electron chi connectivity index (χ3n) is 4.28. The van der Waals surface area contributed by atoms with Gasteiger partial charge < -0.3 is 10.6 Å². The number of hydrogen-bond acceptors (Lipinski definition) is 2. The third kappa shape index (κ3) is 3.90. The first kappa shape index (κ1) is 14.3. The van der Waals surface area contributed by atoms with Crippen LogP contribution in [0.4, 0.5) is 0 Å². The predicted molar refractivity (Wildman–Crippen MR) is 72.0 cm³/mol. The molecule has 1 saturated carbocycles. The minimum Gasteiger partial charge on any atom is -0.328 e. The van der Waals surface area contributed by atoms with E-state index in [-0.39, 0.29) is 12.4 Å². The molecule has 1 aliphatic heterocycles. The third-order valence-corrected chi connectivity index (χ3v) is 4.28. The van der Waals surface area contributed by atoms with E-state index in [0.717, 1.165) is 11.8 Å². The fourth-order valence-corrected chi connectivity index (χ4v) is 3.24. The standard InChI is InChI=1S/C13H26N2.ClH/c1-11(14)13-7-4-8-15(10-13)9-12-5-2-3-6-12;/h11-13H,2-10,14H2,1H3;1H. The van der Waals surface area contributed by atoms with E-state index in [9.17, 15) is 0 Å². The summed E-state index contributed by atoms with van der Waals surface area (Å²) in [6.07, 6.45) is 8.58. The highest BCUT2D eigenvalue weighted by Crippen LogP contribution is 2.27. The molecule has 2 unspecified atom stereocenters. The summed E-state index contributed by atoms with van der Waals surface area (Å²) in [5, 5.41) is 0. The quantitative estimate of drug-likeness (QED) is 0.830. The molecule has 2 fully saturated rings. The number of nitrogens with two attached hydrogens (primary N) is 1. The average Bonchev–Trinajstić information content (AvgIpc) is 2.71. The van der Waals surface area contributed by atoms with Crippen molar-refractivity contribution in [3.8, 4) is 0 Å². The van der Waals surface area contributed by atoms with Crippen LogP contribution in [0.1, 0.15) is 45.4 Å². The van der Waals surface area contributed by atoms with Crippen LogP contribution in [0, 0.1) is 11.8 Å². The fourth-order valence-electron chi connectivity index (χ4n) is 3.24. The number of piperidine rings is 1. The molecule has 0 spiro atoms. The van der Waals surface area contributed by atoms with E-state index < -0.39 is 0 Å². The number of likely N-dealkylation sites (tertiary alicyclic amines) is 1. The van der Waals surface area contributed by atoms with Gasteiger partial charge in [-0.3, -0.25) is 0 Å². The van der Waals surface area contributed by atoms with Crippen LogP contribution in [0.5, 0.6) is 0 Å². The van der Waals surface area contributed by atoms with Crippen LogP contribution in [-0.2, 0) is 0 Å². The topological polar surface area (TPSA) is 29.3 Å². The molecule has 2 rings (SSSR count). The lowest BCUT2D eigenvalue weighted by Crippen LogP contribution is -2.43. The molecule has 2 nitrogen and oxygen atoms in total. The molecule has 2 aliphatic rings. The second-order valence-corrected chi connectivity index (χ2v) is 5.67. The summed E-state index contributed by atoms with van der Waals surface area (Å²) < 4.78 is 0. The highest BCUT2D eigenvalue weighted by molar-refractivity contribution is 5.85. The minimum absolute atomic E-state index is 0. The van der Waals surface area contributed by atoms with Crippen molar-refractivity contribution in [2.45, 2.75) is 51.5 Å². The van der Waals surface area contributed by atoms with E-state index in [1.165, 1.54) is 58.2 Å². The van der Waals surface area contributed by atoms with Gasteiger partial charge in [-0.25, -0.2) is 0 Å². The zero-order valence-corrected chi connectivity index (χ0v) is 11.3. The first-order valence-corrected chi connectivity index (χ1v) is 6.73. The minimum atomic E-state index is 0. The summed E-state index contributed by atoms with van der Waals surface area (Å²) in [5.41, 5.74) is 6.01.